The van der Waals surface area contributed by atoms with Crippen molar-refractivity contribution in [2.45, 2.75) is 0 Å². The Hall–Kier alpha value is -1.89. The second-order valence-corrected chi connectivity index (χ2v) is 2.58. The molecule has 74 valence electrons. The first-order valence-corrected chi connectivity index (χ1v) is 4.01. The summed E-state index contributed by atoms with van der Waals surface area (Å²) in [7, 11) is 0. The van der Waals surface area contributed by atoms with Gasteiger partial charge >= 0.3 is 0 Å². The number of ether oxygens (including phenoxy) is 1. The number of hydrogen-bond donors (Lipinski definition) is 3. The number of nitrogen functional groups attached to an aromatic ring is 1. The number of rotatable bonds is 3. The van der Waals surface area contributed by atoms with Crippen LogP contribution in [0.15, 0.2) is 6.33 Å². The molecule has 7 heteroatoms. The van der Waals surface area contributed by atoms with Crippen LogP contribution in [0.3, 0.4) is 0 Å². The summed E-state index contributed by atoms with van der Waals surface area (Å²) in [6, 6.07) is 0. The molecule has 0 aliphatic carbocycles. The quantitative estimate of drug-likeness (QED) is 0.597. The molecule has 0 saturated carbocycles. The van der Waals surface area contributed by atoms with Crippen LogP contribution in [-0.4, -0.2) is 38.5 Å². The lowest BCUT2D eigenvalue weighted by Crippen LogP contribution is -2.02. The van der Waals surface area contributed by atoms with Crippen LogP contribution in [0.25, 0.3) is 11.0 Å². The fraction of sp³-hybridized carbons (Fsp3) is 0.286. The summed E-state index contributed by atoms with van der Waals surface area (Å²) in [4.78, 5) is 7.73. The van der Waals surface area contributed by atoms with Gasteiger partial charge in [-0.05, 0) is 0 Å². The number of anilines is 1. The maximum atomic E-state index is 8.58. The summed E-state index contributed by atoms with van der Waals surface area (Å²) >= 11 is 0. The van der Waals surface area contributed by atoms with Gasteiger partial charge in [0.05, 0.1) is 6.61 Å². The van der Waals surface area contributed by atoms with Gasteiger partial charge in [-0.25, -0.2) is 9.97 Å². The number of aliphatic hydroxyl groups is 1. The molecule has 2 rings (SSSR count). The van der Waals surface area contributed by atoms with E-state index in [1.165, 1.54) is 6.33 Å². The Bertz CT molecular complexity index is 441. The molecular weight excluding hydrogens is 186 g/mol. The van der Waals surface area contributed by atoms with Gasteiger partial charge in [-0.1, -0.05) is 0 Å². The summed E-state index contributed by atoms with van der Waals surface area (Å²) in [6.45, 7) is 0.0796. The Kier molecular flexibility index (Phi) is 2.15. The van der Waals surface area contributed by atoms with Crippen molar-refractivity contribution in [1.82, 2.24) is 20.2 Å². The molecule has 0 bridgehead atoms. The van der Waals surface area contributed by atoms with E-state index in [2.05, 4.69) is 20.2 Å². The fourth-order valence-corrected chi connectivity index (χ4v) is 1.10. The van der Waals surface area contributed by atoms with Gasteiger partial charge in [-0.2, -0.15) is 0 Å². The molecule has 0 radical (unpaired) electrons. The predicted molar refractivity (Wildman–Crippen MR) is 48.7 cm³/mol. The third-order valence-electron chi connectivity index (χ3n) is 1.68. The summed E-state index contributed by atoms with van der Waals surface area (Å²) in [5.41, 5.74) is 6.14. The van der Waals surface area contributed by atoms with Gasteiger partial charge in [-0.3, -0.25) is 5.10 Å². The van der Waals surface area contributed by atoms with Crippen LogP contribution in [-0.2, 0) is 0 Å². The second kappa shape index (κ2) is 3.46. The van der Waals surface area contributed by atoms with Crippen molar-refractivity contribution < 1.29 is 9.84 Å². The van der Waals surface area contributed by atoms with E-state index in [4.69, 9.17) is 15.6 Å². The van der Waals surface area contributed by atoms with Crippen molar-refractivity contribution >= 4 is 16.9 Å². The molecular formula is C7H9N5O2. The number of H-pyrrole nitrogens is 1. The molecule has 0 aliphatic heterocycles. The first-order valence-electron chi connectivity index (χ1n) is 4.01. The van der Waals surface area contributed by atoms with E-state index in [9.17, 15) is 0 Å². The normalized spacial score (nSPS) is 10.6. The first-order chi connectivity index (χ1) is 6.83. The Morgan fingerprint density at radius 2 is 2.36 bits per heavy atom. The van der Waals surface area contributed by atoms with Gasteiger partial charge in [0.25, 0.3) is 0 Å². The molecule has 0 unspecified atom stereocenters. The molecule has 4 N–H and O–H groups in total. The topological polar surface area (TPSA) is 110 Å². The van der Waals surface area contributed by atoms with Gasteiger partial charge in [0.15, 0.2) is 5.65 Å². The number of aromatic nitrogens is 4. The van der Waals surface area contributed by atoms with Crippen molar-refractivity contribution in [3.63, 3.8) is 0 Å². The SMILES string of the molecule is Nc1ncnc2[nH]nc(OCCO)c12. The summed E-state index contributed by atoms with van der Waals surface area (Å²) in [5, 5.41) is 15.6. The molecule has 0 aromatic carbocycles. The number of nitrogens with two attached hydrogens (primary N) is 1. The Balaban J connectivity index is 2.45. The molecule has 0 saturated heterocycles. The van der Waals surface area contributed by atoms with E-state index in [1.54, 1.807) is 0 Å². The third kappa shape index (κ3) is 1.33. The van der Waals surface area contributed by atoms with E-state index in [0.717, 1.165) is 0 Å². The highest BCUT2D eigenvalue weighted by atomic mass is 16.5. The average molecular weight is 195 g/mol. The molecule has 14 heavy (non-hydrogen) atoms. The molecule has 0 amide bonds. The Morgan fingerprint density at radius 3 is 3.14 bits per heavy atom. The molecule has 2 aromatic rings. The second-order valence-electron chi connectivity index (χ2n) is 2.58. The predicted octanol–water partition coefficient (Wildman–Crippen LogP) is -0.694. The number of hydrogen-bond acceptors (Lipinski definition) is 6. The van der Waals surface area contributed by atoms with E-state index in [0.29, 0.717) is 22.7 Å². The summed E-state index contributed by atoms with van der Waals surface area (Å²) < 4.78 is 5.14. The maximum Gasteiger partial charge on any atom is 0.246 e. The third-order valence-corrected chi connectivity index (χ3v) is 1.68. The highest BCUT2D eigenvalue weighted by molar-refractivity contribution is 5.89. The highest BCUT2D eigenvalue weighted by Gasteiger charge is 2.11. The number of aliphatic hydroxyl groups excluding tert-OH is 1. The van der Waals surface area contributed by atoms with E-state index in [-0.39, 0.29) is 13.2 Å². The van der Waals surface area contributed by atoms with Gasteiger partial charge in [0, 0.05) is 0 Å². The average Bonchev–Trinajstić information content (AvgIpc) is 2.59. The zero-order chi connectivity index (χ0) is 9.97. The molecule has 0 fully saturated rings. The minimum atomic E-state index is -0.0814. The maximum absolute atomic E-state index is 8.58. The van der Waals surface area contributed by atoms with Crippen LogP contribution in [0.4, 0.5) is 5.82 Å². The lowest BCUT2D eigenvalue weighted by atomic mass is 10.4. The Morgan fingerprint density at radius 1 is 1.50 bits per heavy atom. The highest BCUT2D eigenvalue weighted by Crippen LogP contribution is 2.24. The molecule has 0 atom stereocenters. The minimum Gasteiger partial charge on any atom is -0.474 e. The van der Waals surface area contributed by atoms with Crippen LogP contribution >= 0.6 is 0 Å². The van der Waals surface area contributed by atoms with Crippen LogP contribution in [0.5, 0.6) is 5.88 Å². The van der Waals surface area contributed by atoms with Crippen molar-refractivity contribution in [2.24, 2.45) is 0 Å². The van der Waals surface area contributed by atoms with Crippen molar-refractivity contribution in [2.75, 3.05) is 18.9 Å². The van der Waals surface area contributed by atoms with Crippen molar-refractivity contribution in [1.29, 1.82) is 0 Å². The van der Waals surface area contributed by atoms with Gasteiger partial charge in [0.2, 0.25) is 5.88 Å². The number of fused-ring (bicyclic) bond motifs is 1. The van der Waals surface area contributed by atoms with Crippen molar-refractivity contribution in [3.05, 3.63) is 6.33 Å². The number of aromatic amines is 1. The molecule has 2 heterocycles. The van der Waals surface area contributed by atoms with Crippen LogP contribution < -0.4 is 10.5 Å². The van der Waals surface area contributed by atoms with Gasteiger partial charge in [0.1, 0.15) is 24.1 Å². The van der Waals surface area contributed by atoms with Gasteiger partial charge in [-0.15, -0.1) is 5.10 Å². The number of nitrogens with one attached hydrogen (secondary N) is 1. The fourth-order valence-electron chi connectivity index (χ4n) is 1.10. The zero-order valence-corrected chi connectivity index (χ0v) is 7.27. The smallest absolute Gasteiger partial charge is 0.246 e. The van der Waals surface area contributed by atoms with Crippen LogP contribution in [0, 0.1) is 0 Å². The summed E-state index contributed by atoms with van der Waals surface area (Å²) in [5.74, 6) is 0.615. The lowest BCUT2D eigenvalue weighted by molar-refractivity contribution is 0.198. The van der Waals surface area contributed by atoms with Crippen LogP contribution in [0.1, 0.15) is 0 Å². The Labute approximate surface area is 78.9 Å². The largest absolute Gasteiger partial charge is 0.474 e. The zero-order valence-electron chi connectivity index (χ0n) is 7.27. The molecule has 7 nitrogen and oxygen atoms in total. The molecule has 0 spiro atoms. The lowest BCUT2D eigenvalue weighted by Gasteiger charge is -2.00. The van der Waals surface area contributed by atoms with Crippen LogP contribution in [0.2, 0.25) is 0 Å². The van der Waals surface area contributed by atoms with E-state index in [1.807, 2.05) is 0 Å². The number of nitrogens with zero attached hydrogens (tertiary/aromatic N) is 3. The van der Waals surface area contributed by atoms with E-state index < -0.39 is 0 Å². The molecule has 2 aromatic heterocycles. The van der Waals surface area contributed by atoms with Gasteiger partial charge < -0.3 is 15.6 Å². The summed E-state index contributed by atoms with van der Waals surface area (Å²) in [6.07, 6.45) is 1.34. The first kappa shape index (κ1) is 8.70. The monoisotopic (exact) mass is 195 g/mol. The minimum absolute atomic E-state index is 0.0814. The molecule has 0 aliphatic rings. The standard InChI is InChI=1S/C7H9N5O2/c8-5-4-6(10-3-9-5)11-12-7(4)14-2-1-13/h3,13H,1-2H2,(H3,8,9,10,11,12). The van der Waals surface area contributed by atoms with Crippen molar-refractivity contribution in [3.8, 4) is 5.88 Å². The van der Waals surface area contributed by atoms with E-state index >= 15 is 0 Å².